The first-order valence-electron chi connectivity index (χ1n) is 5.42. The Morgan fingerprint density at radius 3 is 3.00 bits per heavy atom. The highest BCUT2D eigenvalue weighted by Crippen LogP contribution is 2.27. The summed E-state index contributed by atoms with van der Waals surface area (Å²) in [6.45, 7) is 3.91. The minimum Gasteiger partial charge on any atom is -0.358 e. The number of hydrogen-bond acceptors (Lipinski definition) is 7. The first kappa shape index (κ1) is 12.6. The summed E-state index contributed by atoms with van der Waals surface area (Å²) < 4.78 is 0.849. The molecular formula is C9H15N5OS2. The lowest BCUT2D eigenvalue weighted by atomic mass is 10.4. The van der Waals surface area contributed by atoms with Gasteiger partial charge in [0, 0.05) is 33.2 Å². The normalized spacial score (nSPS) is 15.9. The molecule has 1 aliphatic heterocycles. The van der Waals surface area contributed by atoms with Gasteiger partial charge in [0.25, 0.3) is 0 Å². The van der Waals surface area contributed by atoms with Crippen molar-refractivity contribution in [1.29, 1.82) is 0 Å². The van der Waals surface area contributed by atoms with E-state index in [0.29, 0.717) is 5.75 Å². The molecule has 1 aliphatic rings. The highest BCUT2D eigenvalue weighted by atomic mass is 32.2. The summed E-state index contributed by atoms with van der Waals surface area (Å²) >= 11 is 2.98. The molecule has 1 fully saturated rings. The Hall–Kier alpha value is -0.860. The second-order valence-corrected chi connectivity index (χ2v) is 5.73. The Morgan fingerprint density at radius 2 is 2.29 bits per heavy atom. The second-order valence-electron chi connectivity index (χ2n) is 3.55. The maximum absolute atomic E-state index is 11.1. The van der Waals surface area contributed by atoms with Crippen molar-refractivity contribution < 1.29 is 4.79 Å². The van der Waals surface area contributed by atoms with E-state index in [1.165, 1.54) is 11.8 Å². The van der Waals surface area contributed by atoms with Gasteiger partial charge in [-0.25, -0.2) is 0 Å². The Kier molecular flexibility index (Phi) is 4.57. The molecule has 8 heteroatoms. The molecule has 6 nitrogen and oxygen atoms in total. The van der Waals surface area contributed by atoms with Crippen LogP contribution in [0.2, 0.25) is 0 Å². The number of carbonyl (C=O) groups is 1. The van der Waals surface area contributed by atoms with E-state index in [1.807, 2.05) is 0 Å². The van der Waals surface area contributed by atoms with E-state index in [0.717, 1.165) is 35.7 Å². The maximum Gasteiger partial charge on any atom is 0.230 e. The van der Waals surface area contributed by atoms with Crippen LogP contribution in [0.5, 0.6) is 0 Å². The summed E-state index contributed by atoms with van der Waals surface area (Å²) in [6, 6.07) is 0. The quantitative estimate of drug-likeness (QED) is 0.740. The molecule has 1 saturated heterocycles. The van der Waals surface area contributed by atoms with Gasteiger partial charge in [0.15, 0.2) is 4.34 Å². The monoisotopic (exact) mass is 273 g/mol. The van der Waals surface area contributed by atoms with Crippen molar-refractivity contribution in [2.75, 3.05) is 43.9 Å². The number of thioether (sulfide) groups is 1. The molecule has 2 heterocycles. The van der Waals surface area contributed by atoms with Gasteiger partial charge in [0.05, 0.1) is 5.75 Å². The molecule has 0 aliphatic carbocycles. The van der Waals surface area contributed by atoms with Crippen LogP contribution in [-0.4, -0.2) is 55.1 Å². The molecule has 2 rings (SSSR count). The molecule has 0 spiro atoms. The van der Waals surface area contributed by atoms with Gasteiger partial charge in [-0.15, -0.1) is 10.2 Å². The lowest BCUT2D eigenvalue weighted by Crippen LogP contribution is -2.43. The van der Waals surface area contributed by atoms with Crippen molar-refractivity contribution >= 4 is 34.1 Å². The predicted molar refractivity (Wildman–Crippen MR) is 69.8 cm³/mol. The molecule has 0 bridgehead atoms. The van der Waals surface area contributed by atoms with E-state index in [9.17, 15) is 4.79 Å². The van der Waals surface area contributed by atoms with Crippen LogP contribution in [-0.2, 0) is 4.79 Å². The zero-order valence-corrected chi connectivity index (χ0v) is 11.2. The molecule has 94 valence electrons. The third kappa shape index (κ3) is 3.55. The lowest BCUT2D eigenvalue weighted by molar-refractivity contribution is -0.118. The summed E-state index contributed by atoms with van der Waals surface area (Å²) in [5.74, 6) is 0.404. The van der Waals surface area contributed by atoms with E-state index in [4.69, 9.17) is 0 Å². The van der Waals surface area contributed by atoms with E-state index >= 15 is 0 Å². The summed E-state index contributed by atoms with van der Waals surface area (Å²) in [5, 5.41) is 15.1. The van der Waals surface area contributed by atoms with Crippen molar-refractivity contribution in [3.05, 3.63) is 0 Å². The molecule has 2 N–H and O–H groups in total. The third-order valence-corrected chi connectivity index (χ3v) is 4.51. The molecule has 1 aromatic heterocycles. The largest absolute Gasteiger partial charge is 0.358 e. The molecule has 0 radical (unpaired) electrons. The van der Waals surface area contributed by atoms with Gasteiger partial charge in [-0.05, 0) is 0 Å². The Labute approximate surface area is 108 Å². The smallest absolute Gasteiger partial charge is 0.230 e. The van der Waals surface area contributed by atoms with Crippen LogP contribution in [0.15, 0.2) is 4.34 Å². The summed E-state index contributed by atoms with van der Waals surface area (Å²) in [6.07, 6.45) is 0. The van der Waals surface area contributed by atoms with Crippen molar-refractivity contribution in [2.24, 2.45) is 0 Å². The van der Waals surface area contributed by atoms with Crippen LogP contribution in [0, 0.1) is 0 Å². The number of amides is 1. The minimum atomic E-state index is 0.00826. The zero-order chi connectivity index (χ0) is 12.1. The topological polar surface area (TPSA) is 70.2 Å². The van der Waals surface area contributed by atoms with Crippen molar-refractivity contribution in [2.45, 2.75) is 4.34 Å². The SMILES string of the molecule is CNC(=O)CSc1nnc(N2CCNCC2)s1. The Morgan fingerprint density at radius 1 is 1.53 bits per heavy atom. The number of anilines is 1. The van der Waals surface area contributed by atoms with Gasteiger partial charge in [0.2, 0.25) is 11.0 Å². The Bertz CT molecular complexity index is 377. The molecule has 1 aromatic rings. The van der Waals surface area contributed by atoms with Crippen molar-refractivity contribution in [3.63, 3.8) is 0 Å². The predicted octanol–water partition coefficient (Wildman–Crippen LogP) is -0.214. The van der Waals surface area contributed by atoms with Gasteiger partial charge < -0.3 is 15.5 Å². The molecule has 17 heavy (non-hydrogen) atoms. The molecule has 1 amide bonds. The van der Waals surface area contributed by atoms with Crippen molar-refractivity contribution in [1.82, 2.24) is 20.8 Å². The van der Waals surface area contributed by atoms with Crippen LogP contribution in [0.3, 0.4) is 0 Å². The summed E-state index contributed by atoms with van der Waals surface area (Å²) in [7, 11) is 1.63. The zero-order valence-electron chi connectivity index (χ0n) is 9.60. The second kappa shape index (κ2) is 6.18. The fourth-order valence-corrected chi connectivity index (χ4v) is 3.21. The van der Waals surface area contributed by atoms with Gasteiger partial charge >= 0.3 is 0 Å². The standard InChI is InChI=1S/C9H15N5OS2/c1-10-7(15)6-16-9-13-12-8(17-9)14-4-2-11-3-5-14/h11H,2-6H2,1H3,(H,10,15). The van der Waals surface area contributed by atoms with E-state index in [-0.39, 0.29) is 5.91 Å². The fourth-order valence-electron chi connectivity index (χ4n) is 1.44. The first-order chi connectivity index (χ1) is 8.29. The van der Waals surface area contributed by atoms with E-state index in [1.54, 1.807) is 18.4 Å². The molecule has 0 saturated carbocycles. The number of hydrogen-bond donors (Lipinski definition) is 2. The van der Waals surface area contributed by atoms with Gasteiger partial charge in [0.1, 0.15) is 0 Å². The van der Waals surface area contributed by atoms with Crippen LogP contribution in [0.1, 0.15) is 0 Å². The number of nitrogens with zero attached hydrogens (tertiary/aromatic N) is 3. The molecular weight excluding hydrogens is 258 g/mol. The van der Waals surface area contributed by atoms with Gasteiger partial charge in [-0.1, -0.05) is 23.1 Å². The number of piperazine rings is 1. The summed E-state index contributed by atoms with van der Waals surface area (Å²) in [4.78, 5) is 13.3. The maximum atomic E-state index is 11.1. The molecule has 0 aromatic carbocycles. The van der Waals surface area contributed by atoms with E-state index in [2.05, 4.69) is 25.7 Å². The van der Waals surface area contributed by atoms with Crippen LogP contribution in [0.4, 0.5) is 5.13 Å². The number of rotatable bonds is 4. The fraction of sp³-hybridized carbons (Fsp3) is 0.667. The summed E-state index contributed by atoms with van der Waals surface area (Å²) in [5.41, 5.74) is 0. The number of nitrogens with one attached hydrogen (secondary N) is 2. The van der Waals surface area contributed by atoms with Crippen molar-refractivity contribution in [3.8, 4) is 0 Å². The lowest BCUT2D eigenvalue weighted by Gasteiger charge is -2.26. The van der Waals surface area contributed by atoms with Gasteiger partial charge in [-0.3, -0.25) is 4.79 Å². The molecule has 0 unspecified atom stereocenters. The van der Waals surface area contributed by atoms with Crippen LogP contribution in [0.25, 0.3) is 0 Å². The third-order valence-electron chi connectivity index (χ3n) is 2.39. The number of aromatic nitrogens is 2. The Balaban J connectivity index is 1.88. The average Bonchev–Trinajstić information content (AvgIpc) is 2.86. The van der Waals surface area contributed by atoms with Crippen LogP contribution < -0.4 is 15.5 Å². The highest BCUT2D eigenvalue weighted by Gasteiger charge is 2.15. The average molecular weight is 273 g/mol. The van der Waals surface area contributed by atoms with Crippen LogP contribution >= 0.6 is 23.1 Å². The first-order valence-corrected chi connectivity index (χ1v) is 7.22. The number of carbonyl (C=O) groups excluding carboxylic acids is 1. The minimum absolute atomic E-state index is 0.00826. The molecule has 0 atom stereocenters. The van der Waals surface area contributed by atoms with Gasteiger partial charge in [-0.2, -0.15) is 0 Å². The highest BCUT2D eigenvalue weighted by molar-refractivity contribution is 8.01. The van der Waals surface area contributed by atoms with E-state index < -0.39 is 0 Å².